The first-order chi connectivity index (χ1) is 10.2. The summed E-state index contributed by atoms with van der Waals surface area (Å²) in [6.07, 6.45) is 2.99. The third-order valence-electron chi connectivity index (χ3n) is 3.41. The van der Waals surface area contributed by atoms with Crippen LogP contribution in [0.15, 0.2) is 17.2 Å². The summed E-state index contributed by atoms with van der Waals surface area (Å²) in [5.41, 5.74) is 0. The van der Waals surface area contributed by atoms with Gasteiger partial charge >= 0.3 is 5.97 Å². The van der Waals surface area contributed by atoms with Gasteiger partial charge in [0, 0.05) is 26.2 Å². The van der Waals surface area contributed by atoms with E-state index in [1.54, 1.807) is 11.8 Å². The van der Waals surface area contributed by atoms with E-state index in [-0.39, 0.29) is 5.97 Å². The quantitative estimate of drug-likeness (QED) is 0.599. The molecular weight excluding hydrogens is 288 g/mol. The van der Waals surface area contributed by atoms with E-state index < -0.39 is 0 Å². The lowest BCUT2D eigenvalue weighted by Gasteiger charge is -2.21. The van der Waals surface area contributed by atoms with Crippen molar-refractivity contribution in [2.45, 2.75) is 18.4 Å². The number of hydrogen-bond donors (Lipinski definition) is 0. The molecule has 1 aromatic heterocycles. The molecule has 0 aliphatic carbocycles. The van der Waals surface area contributed by atoms with Crippen molar-refractivity contribution in [3.05, 3.63) is 12.1 Å². The topological polar surface area (TPSA) is 58.6 Å². The summed E-state index contributed by atoms with van der Waals surface area (Å²) in [7, 11) is 0. The summed E-state index contributed by atoms with van der Waals surface area (Å²) in [4.78, 5) is 15.9. The minimum Gasteiger partial charge on any atom is -0.465 e. The van der Waals surface area contributed by atoms with Gasteiger partial charge in [0.05, 0.1) is 13.2 Å². The monoisotopic (exact) mass is 310 g/mol. The summed E-state index contributed by atoms with van der Waals surface area (Å²) in [6, 6.07) is 4.01. The van der Waals surface area contributed by atoms with Crippen LogP contribution in [0.5, 0.6) is 0 Å². The van der Waals surface area contributed by atoms with Gasteiger partial charge < -0.3 is 9.64 Å². The van der Waals surface area contributed by atoms with Gasteiger partial charge in [-0.05, 0) is 31.7 Å². The van der Waals surface area contributed by atoms with E-state index in [1.165, 1.54) is 0 Å². The summed E-state index contributed by atoms with van der Waals surface area (Å²) < 4.78 is 5.00. The molecule has 0 spiro atoms. The van der Waals surface area contributed by atoms with Crippen LogP contribution in [-0.2, 0) is 9.53 Å². The fraction of sp³-hybridized carbons (Fsp3) is 0.643. The Labute approximate surface area is 129 Å². The van der Waals surface area contributed by atoms with Crippen LogP contribution >= 0.6 is 11.8 Å². The Bertz CT molecular complexity index is 455. The highest BCUT2D eigenvalue weighted by atomic mass is 32.2. The first-order valence-electron chi connectivity index (χ1n) is 7.23. The minimum absolute atomic E-state index is 0.143. The van der Waals surface area contributed by atoms with Gasteiger partial charge in [0.25, 0.3) is 0 Å². The Kier molecular flexibility index (Phi) is 6.25. The second kappa shape index (κ2) is 8.19. The number of ether oxygens (including phenoxy) is 1. The van der Waals surface area contributed by atoms with E-state index >= 15 is 0 Å². The fourth-order valence-electron chi connectivity index (χ4n) is 2.34. The zero-order valence-corrected chi connectivity index (χ0v) is 13.4. The first-order valence-corrected chi connectivity index (χ1v) is 8.46. The van der Waals surface area contributed by atoms with Gasteiger partial charge in [0.15, 0.2) is 5.82 Å². The van der Waals surface area contributed by atoms with E-state index in [1.807, 2.05) is 25.3 Å². The van der Waals surface area contributed by atoms with E-state index in [9.17, 15) is 4.79 Å². The standard InChI is InChI=1S/C14H22N4O2S/c1-3-20-14(19)11-17-7-4-8-18(10-9-17)12-5-6-13(21-2)16-15-12/h5-6H,3-4,7-11H2,1-2H3. The molecular formula is C14H22N4O2S. The van der Waals surface area contributed by atoms with Gasteiger partial charge in [-0.25, -0.2) is 0 Å². The molecule has 1 saturated heterocycles. The lowest BCUT2D eigenvalue weighted by atomic mass is 10.3. The molecule has 6 nitrogen and oxygen atoms in total. The largest absolute Gasteiger partial charge is 0.465 e. The molecule has 21 heavy (non-hydrogen) atoms. The molecule has 0 atom stereocenters. The number of anilines is 1. The maximum atomic E-state index is 11.5. The summed E-state index contributed by atoms with van der Waals surface area (Å²) >= 11 is 1.59. The number of carbonyl (C=O) groups excluding carboxylic acids is 1. The Morgan fingerprint density at radius 3 is 2.81 bits per heavy atom. The zero-order chi connectivity index (χ0) is 15.1. The van der Waals surface area contributed by atoms with Crippen molar-refractivity contribution in [3.8, 4) is 0 Å². The molecule has 1 aromatic rings. The second-order valence-corrected chi connectivity index (χ2v) is 5.68. The molecule has 0 amide bonds. The molecule has 1 aliphatic heterocycles. The Balaban J connectivity index is 1.89. The van der Waals surface area contributed by atoms with Crippen molar-refractivity contribution in [3.63, 3.8) is 0 Å². The molecule has 1 fully saturated rings. The van der Waals surface area contributed by atoms with Gasteiger partial charge in [-0.2, -0.15) is 0 Å². The molecule has 0 unspecified atom stereocenters. The fourth-order valence-corrected chi connectivity index (χ4v) is 2.66. The average molecular weight is 310 g/mol. The highest BCUT2D eigenvalue weighted by Crippen LogP contribution is 2.16. The van der Waals surface area contributed by atoms with E-state index in [2.05, 4.69) is 20.0 Å². The third-order valence-corrected chi connectivity index (χ3v) is 4.04. The highest BCUT2D eigenvalue weighted by molar-refractivity contribution is 7.98. The molecule has 2 rings (SSSR count). The maximum Gasteiger partial charge on any atom is 0.320 e. The van der Waals surface area contributed by atoms with Crippen LogP contribution in [0.25, 0.3) is 0 Å². The molecule has 0 aromatic carbocycles. The van der Waals surface area contributed by atoms with Crippen molar-refractivity contribution in [2.24, 2.45) is 0 Å². The van der Waals surface area contributed by atoms with Crippen molar-refractivity contribution in [2.75, 3.05) is 50.5 Å². The molecule has 116 valence electrons. The molecule has 0 saturated carbocycles. The van der Waals surface area contributed by atoms with Gasteiger partial charge in [-0.1, -0.05) is 0 Å². The van der Waals surface area contributed by atoms with Crippen LogP contribution in [0.2, 0.25) is 0 Å². The van der Waals surface area contributed by atoms with Gasteiger partial charge in [-0.15, -0.1) is 22.0 Å². The van der Waals surface area contributed by atoms with E-state index in [0.29, 0.717) is 13.2 Å². The van der Waals surface area contributed by atoms with Crippen molar-refractivity contribution in [1.29, 1.82) is 0 Å². The molecule has 0 N–H and O–H groups in total. The van der Waals surface area contributed by atoms with Crippen molar-refractivity contribution >= 4 is 23.5 Å². The Morgan fingerprint density at radius 2 is 2.14 bits per heavy atom. The normalized spacial score (nSPS) is 16.6. The first kappa shape index (κ1) is 16.0. The highest BCUT2D eigenvalue weighted by Gasteiger charge is 2.18. The molecule has 7 heteroatoms. The molecule has 0 bridgehead atoms. The maximum absolute atomic E-state index is 11.5. The van der Waals surface area contributed by atoms with Crippen LogP contribution in [0, 0.1) is 0 Å². The Hall–Kier alpha value is -1.34. The van der Waals surface area contributed by atoms with Gasteiger partial charge in [-0.3, -0.25) is 9.69 Å². The SMILES string of the molecule is CCOC(=O)CN1CCCN(c2ccc(SC)nn2)CC1. The average Bonchev–Trinajstić information content (AvgIpc) is 2.73. The molecule has 0 radical (unpaired) electrons. The lowest BCUT2D eigenvalue weighted by molar-refractivity contribution is -0.144. The number of esters is 1. The second-order valence-electron chi connectivity index (χ2n) is 4.86. The minimum atomic E-state index is -0.143. The van der Waals surface area contributed by atoms with Crippen LogP contribution in [0.1, 0.15) is 13.3 Å². The predicted octanol–water partition coefficient (Wildman–Crippen LogP) is 1.27. The number of carbonyl (C=O) groups is 1. The summed E-state index contributed by atoms with van der Waals surface area (Å²) in [6.45, 7) is 6.18. The van der Waals surface area contributed by atoms with Crippen LogP contribution in [0.3, 0.4) is 0 Å². The number of thioether (sulfide) groups is 1. The summed E-state index contributed by atoms with van der Waals surface area (Å²) in [5, 5.41) is 9.38. The van der Waals surface area contributed by atoms with Gasteiger partial charge in [0.1, 0.15) is 5.03 Å². The zero-order valence-electron chi connectivity index (χ0n) is 12.6. The molecule has 1 aliphatic rings. The van der Waals surface area contributed by atoms with Gasteiger partial charge in [0.2, 0.25) is 0 Å². The Morgan fingerprint density at radius 1 is 1.29 bits per heavy atom. The smallest absolute Gasteiger partial charge is 0.320 e. The third kappa shape index (κ3) is 4.86. The number of nitrogens with zero attached hydrogens (tertiary/aromatic N) is 4. The van der Waals surface area contributed by atoms with Crippen molar-refractivity contribution < 1.29 is 9.53 Å². The van der Waals surface area contributed by atoms with Crippen molar-refractivity contribution in [1.82, 2.24) is 15.1 Å². The number of aromatic nitrogens is 2. The predicted molar refractivity (Wildman–Crippen MR) is 83.7 cm³/mol. The molecule has 2 heterocycles. The number of rotatable bonds is 5. The van der Waals surface area contributed by atoms with Crippen LogP contribution < -0.4 is 4.90 Å². The van der Waals surface area contributed by atoms with Crippen LogP contribution in [-0.4, -0.2) is 66.7 Å². The number of hydrogen-bond acceptors (Lipinski definition) is 7. The van der Waals surface area contributed by atoms with Crippen LogP contribution in [0.4, 0.5) is 5.82 Å². The van der Waals surface area contributed by atoms with E-state index in [0.717, 1.165) is 43.4 Å². The van der Waals surface area contributed by atoms with E-state index in [4.69, 9.17) is 4.74 Å². The summed E-state index contributed by atoms with van der Waals surface area (Å²) in [5.74, 6) is 0.765. The lowest BCUT2D eigenvalue weighted by Crippen LogP contribution is -2.35.